The molecule has 0 aromatic heterocycles. The molecule has 0 aliphatic carbocycles. The molecule has 0 bridgehead atoms. The largest absolute Gasteiger partial charge is 0.399 e. The molecule has 0 saturated carbocycles. The lowest BCUT2D eigenvalue weighted by atomic mass is 10.1. The number of halogens is 3. The van der Waals surface area contributed by atoms with E-state index in [0.717, 1.165) is 23.3 Å². The summed E-state index contributed by atoms with van der Waals surface area (Å²) in [6.07, 6.45) is 0. The third-order valence-corrected chi connectivity index (χ3v) is 3.78. The number of hydrogen-bond donors (Lipinski definition) is 2. The maximum atomic E-state index is 13.2. The predicted octanol–water partition coefficient (Wildman–Crippen LogP) is 4.41. The normalized spacial score (nSPS) is 10.4. The summed E-state index contributed by atoms with van der Waals surface area (Å²) in [5.74, 6) is -1.86. The van der Waals surface area contributed by atoms with Crippen LogP contribution in [0.1, 0.15) is 11.1 Å². The second-order valence-electron chi connectivity index (χ2n) is 4.27. The number of nitrogens with two attached hydrogens (primary N) is 1. The van der Waals surface area contributed by atoms with Crippen molar-refractivity contribution >= 4 is 44.5 Å². The quantitative estimate of drug-likeness (QED) is 0.475. The van der Waals surface area contributed by atoms with E-state index in [0.29, 0.717) is 20.8 Å². The summed E-state index contributed by atoms with van der Waals surface area (Å²) in [7, 11) is 0. The molecule has 0 atom stereocenters. The number of hydrogen-bond acceptors (Lipinski definition) is 2. The average molecular weight is 357 g/mol. The number of benzene rings is 2. The van der Waals surface area contributed by atoms with Gasteiger partial charge in [-0.25, -0.2) is 8.78 Å². The number of rotatable bonds is 2. The molecule has 0 aliphatic heterocycles. The van der Waals surface area contributed by atoms with Gasteiger partial charge in [0, 0.05) is 21.8 Å². The summed E-state index contributed by atoms with van der Waals surface area (Å²) >= 11 is 8.41. The van der Waals surface area contributed by atoms with E-state index in [-0.39, 0.29) is 0 Å². The van der Waals surface area contributed by atoms with Gasteiger partial charge >= 0.3 is 0 Å². The van der Waals surface area contributed by atoms with Crippen LogP contribution in [-0.2, 0) is 0 Å². The smallest absolute Gasteiger partial charge is 0.160 e. The van der Waals surface area contributed by atoms with Crippen molar-refractivity contribution in [3.05, 3.63) is 57.6 Å². The second-order valence-corrected chi connectivity index (χ2v) is 5.53. The molecular formula is C14H11BrF2N2S. The van der Waals surface area contributed by atoms with Crippen LogP contribution >= 0.6 is 28.1 Å². The zero-order valence-corrected chi connectivity index (χ0v) is 12.9. The summed E-state index contributed by atoms with van der Waals surface area (Å²) in [6.45, 7) is 1.87. The molecule has 0 fully saturated rings. The maximum Gasteiger partial charge on any atom is 0.160 e. The van der Waals surface area contributed by atoms with Crippen LogP contribution in [0.15, 0.2) is 34.8 Å². The Kier molecular flexibility index (Phi) is 4.35. The monoisotopic (exact) mass is 356 g/mol. The Morgan fingerprint density at radius 2 is 1.85 bits per heavy atom. The third-order valence-electron chi connectivity index (χ3n) is 2.79. The molecule has 0 radical (unpaired) electrons. The van der Waals surface area contributed by atoms with Crippen LogP contribution in [0.2, 0.25) is 0 Å². The minimum Gasteiger partial charge on any atom is -0.399 e. The van der Waals surface area contributed by atoms with Crippen LogP contribution in [0.4, 0.5) is 20.2 Å². The number of thiocarbonyl (C=S) groups is 1. The fourth-order valence-electron chi connectivity index (χ4n) is 1.63. The Hall–Kier alpha value is -1.53. The van der Waals surface area contributed by atoms with Gasteiger partial charge in [-0.3, -0.25) is 0 Å². The van der Waals surface area contributed by atoms with E-state index in [4.69, 9.17) is 18.0 Å². The van der Waals surface area contributed by atoms with E-state index in [9.17, 15) is 8.78 Å². The molecule has 0 heterocycles. The number of anilines is 2. The Morgan fingerprint density at radius 3 is 2.50 bits per heavy atom. The Labute approximate surface area is 129 Å². The van der Waals surface area contributed by atoms with Crippen molar-refractivity contribution in [2.75, 3.05) is 11.1 Å². The van der Waals surface area contributed by atoms with E-state index in [2.05, 4.69) is 21.2 Å². The third kappa shape index (κ3) is 3.13. The molecular weight excluding hydrogens is 346 g/mol. The molecule has 3 N–H and O–H groups in total. The highest BCUT2D eigenvalue weighted by Gasteiger charge is 2.10. The van der Waals surface area contributed by atoms with Gasteiger partial charge in [-0.1, -0.05) is 12.2 Å². The van der Waals surface area contributed by atoms with Gasteiger partial charge in [0.1, 0.15) is 4.99 Å². The fraction of sp³-hybridized carbons (Fsp3) is 0.0714. The number of nitrogens with one attached hydrogen (secondary N) is 1. The Morgan fingerprint density at radius 1 is 1.20 bits per heavy atom. The Balaban J connectivity index is 2.27. The zero-order valence-electron chi connectivity index (χ0n) is 10.5. The van der Waals surface area contributed by atoms with Crippen molar-refractivity contribution in [3.8, 4) is 0 Å². The fourth-order valence-corrected chi connectivity index (χ4v) is 2.28. The minimum atomic E-state index is -0.938. The first-order chi connectivity index (χ1) is 9.38. The van der Waals surface area contributed by atoms with Crippen LogP contribution < -0.4 is 11.1 Å². The summed E-state index contributed by atoms with van der Waals surface area (Å²) in [6, 6.07) is 7.45. The first-order valence-electron chi connectivity index (χ1n) is 5.70. The second kappa shape index (κ2) is 5.85. The molecule has 20 heavy (non-hydrogen) atoms. The van der Waals surface area contributed by atoms with Gasteiger partial charge in [0.05, 0.1) is 5.69 Å². The van der Waals surface area contributed by atoms with Crippen molar-refractivity contribution in [2.45, 2.75) is 6.92 Å². The van der Waals surface area contributed by atoms with Crippen molar-refractivity contribution in [1.82, 2.24) is 0 Å². The summed E-state index contributed by atoms with van der Waals surface area (Å²) in [4.78, 5) is 0.403. The molecule has 0 saturated heterocycles. The van der Waals surface area contributed by atoms with Gasteiger partial charge in [0.2, 0.25) is 0 Å². The minimum absolute atomic E-state index is 0.364. The molecule has 2 nitrogen and oxygen atoms in total. The number of aryl methyl sites for hydroxylation is 1. The lowest BCUT2D eigenvalue weighted by molar-refractivity contribution is 0.508. The molecule has 0 aliphatic rings. The van der Waals surface area contributed by atoms with Gasteiger partial charge in [-0.05, 0) is 52.7 Å². The molecule has 2 aromatic carbocycles. The Bertz CT molecular complexity index is 689. The molecule has 104 valence electrons. The van der Waals surface area contributed by atoms with E-state index in [1.165, 1.54) is 0 Å². The summed E-state index contributed by atoms with van der Waals surface area (Å²) in [5.41, 5.74) is 8.43. The first kappa shape index (κ1) is 14.9. The van der Waals surface area contributed by atoms with Gasteiger partial charge in [0.15, 0.2) is 11.6 Å². The molecule has 0 spiro atoms. The van der Waals surface area contributed by atoms with Crippen LogP contribution in [0.25, 0.3) is 0 Å². The van der Waals surface area contributed by atoms with Gasteiger partial charge in [-0.2, -0.15) is 0 Å². The topological polar surface area (TPSA) is 38.0 Å². The van der Waals surface area contributed by atoms with Crippen molar-refractivity contribution in [1.29, 1.82) is 0 Å². The number of nitrogen functional groups attached to an aromatic ring is 1. The predicted molar refractivity (Wildman–Crippen MR) is 85.0 cm³/mol. The highest BCUT2D eigenvalue weighted by atomic mass is 79.9. The van der Waals surface area contributed by atoms with Crippen LogP contribution in [0.5, 0.6) is 0 Å². The van der Waals surface area contributed by atoms with Crippen LogP contribution in [-0.4, -0.2) is 4.99 Å². The van der Waals surface area contributed by atoms with E-state index < -0.39 is 11.6 Å². The van der Waals surface area contributed by atoms with E-state index >= 15 is 0 Å². The molecule has 6 heteroatoms. The van der Waals surface area contributed by atoms with Gasteiger partial charge in [-0.15, -0.1) is 0 Å². The summed E-state index contributed by atoms with van der Waals surface area (Å²) in [5, 5.41) is 2.88. The molecule has 2 aromatic rings. The highest BCUT2D eigenvalue weighted by molar-refractivity contribution is 9.10. The standard InChI is InChI=1S/C14H11BrF2N2S/c1-7-4-8(2-3-12(7)18)14(20)19-13-6-11(17)10(16)5-9(13)15/h2-6H,18H2,1H3,(H,19,20). The van der Waals surface area contributed by atoms with E-state index in [1.807, 2.05) is 13.0 Å². The van der Waals surface area contributed by atoms with Crippen molar-refractivity contribution < 1.29 is 8.78 Å². The first-order valence-corrected chi connectivity index (χ1v) is 6.90. The van der Waals surface area contributed by atoms with Crippen molar-refractivity contribution in [2.24, 2.45) is 0 Å². The maximum absolute atomic E-state index is 13.2. The van der Waals surface area contributed by atoms with Crippen molar-refractivity contribution in [3.63, 3.8) is 0 Å². The van der Waals surface area contributed by atoms with Crippen LogP contribution in [0, 0.1) is 18.6 Å². The molecule has 0 amide bonds. The van der Waals surface area contributed by atoms with Gasteiger partial charge in [0.25, 0.3) is 0 Å². The zero-order chi connectivity index (χ0) is 14.9. The average Bonchev–Trinajstić information content (AvgIpc) is 2.39. The van der Waals surface area contributed by atoms with Gasteiger partial charge < -0.3 is 11.1 Å². The lowest BCUT2D eigenvalue weighted by Crippen LogP contribution is -2.12. The lowest BCUT2D eigenvalue weighted by Gasteiger charge is -2.11. The van der Waals surface area contributed by atoms with Crippen LogP contribution in [0.3, 0.4) is 0 Å². The van der Waals surface area contributed by atoms with E-state index in [1.54, 1.807) is 12.1 Å². The SMILES string of the molecule is Cc1cc(C(=S)Nc2cc(F)c(F)cc2Br)ccc1N. The molecule has 2 rings (SSSR count). The highest BCUT2D eigenvalue weighted by Crippen LogP contribution is 2.26. The summed E-state index contributed by atoms with van der Waals surface area (Å²) < 4.78 is 26.7. The molecule has 0 unspecified atom stereocenters.